The number of aromatic nitrogens is 2. The van der Waals surface area contributed by atoms with Crippen LogP contribution in [0.15, 0.2) is 24.5 Å². The van der Waals surface area contributed by atoms with Crippen LogP contribution in [0.3, 0.4) is 0 Å². The van der Waals surface area contributed by atoms with Crippen LogP contribution in [-0.2, 0) is 11.3 Å². The Morgan fingerprint density at radius 3 is 2.14 bits per heavy atom. The molecular weight excluding hydrogens is 459 g/mol. The highest BCUT2D eigenvalue weighted by atomic mass is 19.1. The van der Waals surface area contributed by atoms with E-state index < -0.39 is 23.2 Å². The number of likely N-dealkylation sites (tertiary alicyclic amines) is 2. The third-order valence-electron chi connectivity index (χ3n) is 6.42. The summed E-state index contributed by atoms with van der Waals surface area (Å²) in [6, 6.07) is 1.21. The second kappa shape index (κ2) is 12.7. The molecule has 7 nitrogen and oxygen atoms in total. The van der Waals surface area contributed by atoms with Crippen LogP contribution in [0.1, 0.15) is 45.1 Å². The van der Waals surface area contributed by atoms with Crippen LogP contribution in [0.2, 0.25) is 0 Å². The molecule has 4 rings (SSSR count). The number of halogens is 3. The van der Waals surface area contributed by atoms with Gasteiger partial charge in [0.1, 0.15) is 5.82 Å². The Balaban J connectivity index is 0.00000167. The van der Waals surface area contributed by atoms with Crippen molar-refractivity contribution < 1.29 is 22.7 Å². The van der Waals surface area contributed by atoms with Gasteiger partial charge in [0, 0.05) is 55.6 Å². The molecule has 0 unspecified atom stereocenters. The highest BCUT2D eigenvalue weighted by Gasteiger charge is 2.31. The lowest BCUT2D eigenvalue weighted by Crippen LogP contribution is -2.45. The van der Waals surface area contributed by atoms with E-state index in [4.69, 9.17) is 10.5 Å². The fourth-order valence-electron chi connectivity index (χ4n) is 4.49. The summed E-state index contributed by atoms with van der Waals surface area (Å²) in [6.45, 7) is 7.74. The Labute approximate surface area is 204 Å². The molecular formula is C25H34F3N5O2. The van der Waals surface area contributed by atoms with Crippen LogP contribution in [0.5, 0.6) is 5.75 Å². The van der Waals surface area contributed by atoms with Gasteiger partial charge >= 0.3 is 0 Å². The first-order chi connectivity index (χ1) is 16.9. The molecule has 1 aromatic carbocycles. The van der Waals surface area contributed by atoms with E-state index in [1.165, 1.54) is 0 Å². The highest BCUT2D eigenvalue weighted by molar-refractivity contribution is 5.79. The summed E-state index contributed by atoms with van der Waals surface area (Å²) in [5, 5.41) is 0. The molecule has 2 aromatic rings. The number of piperidine rings is 2. The van der Waals surface area contributed by atoms with Crippen molar-refractivity contribution in [2.45, 2.75) is 46.1 Å². The van der Waals surface area contributed by atoms with Crippen LogP contribution in [0, 0.1) is 29.3 Å². The van der Waals surface area contributed by atoms with Gasteiger partial charge in [-0.1, -0.05) is 13.8 Å². The Morgan fingerprint density at radius 2 is 1.57 bits per heavy atom. The normalized spacial score (nSPS) is 17.6. The van der Waals surface area contributed by atoms with Gasteiger partial charge in [0.25, 0.3) is 0 Å². The molecule has 0 saturated carbocycles. The molecule has 35 heavy (non-hydrogen) atoms. The van der Waals surface area contributed by atoms with E-state index in [0.29, 0.717) is 38.1 Å². The summed E-state index contributed by atoms with van der Waals surface area (Å²) in [4.78, 5) is 25.2. The van der Waals surface area contributed by atoms with Crippen molar-refractivity contribution in [2.75, 3.05) is 38.5 Å². The largest absolute Gasteiger partial charge is 0.487 e. The molecule has 0 atom stereocenters. The van der Waals surface area contributed by atoms with Gasteiger partial charge < -0.3 is 15.4 Å². The van der Waals surface area contributed by atoms with Crippen LogP contribution >= 0.6 is 0 Å². The van der Waals surface area contributed by atoms with E-state index in [0.717, 1.165) is 38.0 Å². The molecule has 0 spiro atoms. The van der Waals surface area contributed by atoms with Gasteiger partial charge in [0.15, 0.2) is 17.4 Å². The number of ether oxygens (including phenoxy) is 1. The summed E-state index contributed by atoms with van der Waals surface area (Å²) >= 11 is 0. The number of nitrogens with zero attached hydrogens (tertiary/aromatic N) is 4. The van der Waals surface area contributed by atoms with Crippen LogP contribution < -0.4 is 10.5 Å². The Morgan fingerprint density at radius 1 is 1.00 bits per heavy atom. The topological polar surface area (TPSA) is 84.6 Å². The number of hydrogen-bond acceptors (Lipinski definition) is 6. The number of rotatable bonds is 6. The summed E-state index contributed by atoms with van der Waals surface area (Å²) < 4.78 is 45.8. The van der Waals surface area contributed by atoms with Gasteiger partial charge in [-0.2, -0.15) is 0 Å². The van der Waals surface area contributed by atoms with E-state index in [1.54, 1.807) is 12.4 Å². The summed E-state index contributed by atoms with van der Waals surface area (Å²) in [6.07, 6.45) is 6.47. The number of amides is 1. The number of hydrogen-bond donors (Lipinski definition) is 1. The third-order valence-corrected chi connectivity index (χ3v) is 6.42. The van der Waals surface area contributed by atoms with Gasteiger partial charge in [-0.05, 0) is 44.7 Å². The van der Waals surface area contributed by atoms with E-state index in [1.807, 2.05) is 18.7 Å². The molecule has 1 aromatic heterocycles. The van der Waals surface area contributed by atoms with Crippen molar-refractivity contribution >= 4 is 11.9 Å². The van der Waals surface area contributed by atoms with Gasteiger partial charge in [0.05, 0.1) is 6.61 Å². The minimum absolute atomic E-state index is 0.0131. The Kier molecular flexibility index (Phi) is 9.71. The number of carbonyl (C=O) groups excluding carboxylic acids is 1. The van der Waals surface area contributed by atoms with E-state index in [9.17, 15) is 18.0 Å². The first-order valence-corrected chi connectivity index (χ1v) is 12.2. The molecule has 192 valence electrons. The monoisotopic (exact) mass is 493 g/mol. The average Bonchev–Trinajstić information content (AvgIpc) is 2.86. The minimum atomic E-state index is -1.05. The third kappa shape index (κ3) is 7.30. The van der Waals surface area contributed by atoms with Gasteiger partial charge in [0.2, 0.25) is 11.9 Å². The summed E-state index contributed by atoms with van der Waals surface area (Å²) in [5.74, 6) is -3.08. The van der Waals surface area contributed by atoms with E-state index >= 15 is 0 Å². The first-order valence-electron chi connectivity index (χ1n) is 12.2. The fourth-order valence-corrected chi connectivity index (χ4v) is 4.49. The van der Waals surface area contributed by atoms with Crippen molar-refractivity contribution in [3.63, 3.8) is 0 Å². The Bertz CT molecular complexity index is 937. The van der Waals surface area contributed by atoms with Gasteiger partial charge in [-0.25, -0.2) is 23.1 Å². The summed E-state index contributed by atoms with van der Waals surface area (Å²) in [7, 11) is 0. The lowest BCUT2D eigenvalue weighted by Gasteiger charge is -2.37. The van der Waals surface area contributed by atoms with E-state index in [2.05, 4.69) is 14.9 Å². The predicted molar refractivity (Wildman–Crippen MR) is 127 cm³/mol. The average molecular weight is 494 g/mol. The maximum Gasteiger partial charge on any atom is 0.225 e. The van der Waals surface area contributed by atoms with Crippen molar-refractivity contribution in [2.24, 2.45) is 11.8 Å². The summed E-state index contributed by atoms with van der Waals surface area (Å²) in [5.41, 5.74) is 6.52. The lowest BCUT2D eigenvalue weighted by molar-refractivity contribution is -0.138. The Hall–Kier alpha value is -2.88. The van der Waals surface area contributed by atoms with Gasteiger partial charge in [-0.15, -0.1) is 0 Å². The van der Waals surface area contributed by atoms with Crippen LogP contribution in [-0.4, -0.2) is 58.5 Å². The van der Waals surface area contributed by atoms with Gasteiger partial charge in [-0.3, -0.25) is 9.69 Å². The standard InChI is InChI=1S/C23H28F3N5O2.C2H6/c24-18-9-19(25)21(20(26)10-18)33-14-15-1-7-31(8-2-15)22(32)17-3-5-30(6-4-17)13-16-11-28-23(27)29-12-16;1-2/h9-12,15,17H,1-8,13-14H2,(H2,27,28,29);1-2H3. The fraction of sp³-hybridized carbons (Fsp3) is 0.560. The number of carbonyl (C=O) groups is 1. The van der Waals surface area contributed by atoms with Crippen molar-refractivity contribution in [1.29, 1.82) is 0 Å². The second-order valence-corrected chi connectivity index (χ2v) is 8.78. The minimum Gasteiger partial charge on any atom is -0.487 e. The number of anilines is 1. The van der Waals surface area contributed by atoms with Crippen molar-refractivity contribution in [1.82, 2.24) is 19.8 Å². The lowest BCUT2D eigenvalue weighted by atomic mass is 9.92. The SMILES string of the molecule is CC.Nc1ncc(CN2CCC(C(=O)N3CCC(COc4c(F)cc(F)cc4F)CC3)CC2)cn1. The van der Waals surface area contributed by atoms with Crippen molar-refractivity contribution in [3.05, 3.63) is 47.5 Å². The first kappa shape index (κ1) is 26.7. The second-order valence-electron chi connectivity index (χ2n) is 8.78. The van der Waals surface area contributed by atoms with Crippen LogP contribution in [0.4, 0.5) is 19.1 Å². The molecule has 3 heterocycles. The zero-order valence-electron chi connectivity index (χ0n) is 20.4. The van der Waals surface area contributed by atoms with Crippen molar-refractivity contribution in [3.8, 4) is 5.75 Å². The molecule has 2 aliphatic rings. The van der Waals surface area contributed by atoms with Crippen LogP contribution in [0.25, 0.3) is 0 Å². The smallest absolute Gasteiger partial charge is 0.225 e. The van der Waals surface area contributed by atoms with E-state index in [-0.39, 0.29) is 30.3 Å². The molecule has 0 aliphatic carbocycles. The number of nitrogens with two attached hydrogens (primary N) is 1. The molecule has 0 radical (unpaired) electrons. The predicted octanol–water partition coefficient (Wildman–Crippen LogP) is 4.03. The molecule has 0 bridgehead atoms. The maximum atomic E-state index is 13.7. The maximum absolute atomic E-state index is 13.7. The number of nitrogen functional groups attached to an aromatic ring is 1. The molecule has 1 amide bonds. The molecule has 2 saturated heterocycles. The zero-order chi connectivity index (χ0) is 25.4. The highest BCUT2D eigenvalue weighted by Crippen LogP contribution is 2.27. The molecule has 10 heteroatoms. The molecule has 2 aliphatic heterocycles. The quantitative estimate of drug-likeness (QED) is 0.654. The molecule has 2 N–H and O–H groups in total. The number of benzene rings is 1. The molecule has 2 fully saturated rings. The zero-order valence-corrected chi connectivity index (χ0v) is 20.4.